The van der Waals surface area contributed by atoms with Crippen molar-refractivity contribution in [3.05, 3.63) is 24.3 Å². The molecule has 28 heavy (non-hydrogen) atoms. The average molecular weight is 384 g/mol. The van der Waals surface area contributed by atoms with Crippen LogP contribution in [0, 0.1) is 0 Å². The van der Waals surface area contributed by atoms with Crippen LogP contribution in [0.2, 0.25) is 0 Å². The van der Waals surface area contributed by atoms with Crippen LogP contribution in [-0.4, -0.2) is 57.8 Å². The Bertz CT molecular complexity index is 894. The lowest BCUT2D eigenvalue weighted by atomic mass is 10.1. The van der Waals surface area contributed by atoms with Crippen LogP contribution >= 0.6 is 0 Å². The summed E-state index contributed by atoms with van der Waals surface area (Å²) in [4.78, 5) is 28.4. The van der Waals surface area contributed by atoms with Gasteiger partial charge in [-0.15, -0.1) is 10.2 Å². The van der Waals surface area contributed by atoms with E-state index in [0.717, 1.165) is 24.2 Å². The molecule has 0 saturated carbocycles. The summed E-state index contributed by atoms with van der Waals surface area (Å²) >= 11 is 0. The van der Waals surface area contributed by atoms with E-state index in [1.807, 2.05) is 40.7 Å². The predicted molar refractivity (Wildman–Crippen MR) is 103 cm³/mol. The van der Waals surface area contributed by atoms with Crippen LogP contribution in [0.15, 0.2) is 24.3 Å². The second kappa shape index (κ2) is 7.14. The van der Waals surface area contributed by atoms with Crippen molar-refractivity contribution in [3.8, 4) is 17.1 Å². The minimum absolute atomic E-state index is 0.299. The molecule has 148 valence electrons. The molecule has 0 spiro atoms. The van der Waals surface area contributed by atoms with Crippen LogP contribution in [0.4, 0.5) is 10.7 Å². The number of fused-ring (bicyclic) bond motifs is 3. The van der Waals surface area contributed by atoms with E-state index in [-0.39, 0.29) is 5.91 Å². The number of nitrogens with one attached hydrogen (secondary N) is 1. The Hall–Kier alpha value is -3.10. The number of rotatable bonds is 6. The third-order valence-electron chi connectivity index (χ3n) is 5.21. The number of hydrogen-bond donors (Lipinski definition) is 1. The molecule has 2 aliphatic heterocycles. The van der Waals surface area contributed by atoms with Crippen molar-refractivity contribution >= 4 is 17.9 Å². The molecule has 2 atom stereocenters. The van der Waals surface area contributed by atoms with Gasteiger partial charge in [-0.3, -0.25) is 14.7 Å². The Labute approximate surface area is 163 Å². The highest BCUT2D eigenvalue weighted by Gasteiger charge is 2.52. The number of urea groups is 1. The highest BCUT2D eigenvalue weighted by molar-refractivity contribution is 6.02. The standard InChI is InChI=1S/C19H24N6O3/c1-4-6-11-24-14-16(26)20-19(27)23(3)17(14)25-15(21-22-18(24)25)12-7-9-13(10-8-12)28-5-2/h7-10,14,17H,4-6,11H2,1-3H3,(H,20,26,27). The maximum Gasteiger partial charge on any atom is 0.325 e. The summed E-state index contributed by atoms with van der Waals surface area (Å²) in [5.74, 6) is 1.72. The molecule has 2 unspecified atom stereocenters. The fraction of sp³-hybridized carbons (Fsp3) is 0.474. The number of unbranched alkanes of at least 4 members (excludes halogenated alkanes) is 1. The number of hydrogen-bond acceptors (Lipinski definition) is 6. The Morgan fingerprint density at radius 1 is 1.14 bits per heavy atom. The number of likely N-dealkylation sites (N-methyl/N-ethyl adjacent to an activating group) is 1. The summed E-state index contributed by atoms with van der Waals surface area (Å²) in [6.07, 6.45) is 1.42. The van der Waals surface area contributed by atoms with Gasteiger partial charge in [0.25, 0.3) is 5.91 Å². The monoisotopic (exact) mass is 384 g/mol. The summed E-state index contributed by atoms with van der Waals surface area (Å²) < 4.78 is 7.40. The van der Waals surface area contributed by atoms with E-state index in [1.165, 1.54) is 0 Å². The summed E-state index contributed by atoms with van der Waals surface area (Å²) in [5, 5.41) is 11.2. The van der Waals surface area contributed by atoms with E-state index >= 15 is 0 Å². The molecule has 0 bridgehead atoms. The van der Waals surface area contributed by atoms with Crippen molar-refractivity contribution in [2.45, 2.75) is 38.9 Å². The zero-order valence-corrected chi connectivity index (χ0v) is 16.3. The van der Waals surface area contributed by atoms with Gasteiger partial charge in [0.2, 0.25) is 5.95 Å². The molecule has 1 N–H and O–H groups in total. The van der Waals surface area contributed by atoms with Gasteiger partial charge in [0.15, 0.2) is 11.9 Å². The van der Waals surface area contributed by atoms with Crippen molar-refractivity contribution in [1.29, 1.82) is 0 Å². The molecule has 3 amide bonds. The Kier molecular flexibility index (Phi) is 4.66. The zero-order valence-electron chi connectivity index (χ0n) is 16.3. The zero-order chi connectivity index (χ0) is 19.8. The molecule has 2 aliphatic rings. The van der Waals surface area contributed by atoms with Gasteiger partial charge in [0.1, 0.15) is 11.9 Å². The lowest BCUT2D eigenvalue weighted by Crippen LogP contribution is -2.61. The first-order valence-electron chi connectivity index (χ1n) is 9.59. The predicted octanol–water partition coefficient (Wildman–Crippen LogP) is 2.01. The number of carbonyl (C=O) groups excluding carboxylic acids is 2. The number of benzene rings is 1. The summed E-state index contributed by atoms with van der Waals surface area (Å²) in [5.41, 5.74) is 0.852. The van der Waals surface area contributed by atoms with Crippen molar-refractivity contribution in [1.82, 2.24) is 25.0 Å². The topological polar surface area (TPSA) is 92.6 Å². The first-order chi connectivity index (χ1) is 13.6. The highest BCUT2D eigenvalue weighted by Crippen LogP contribution is 2.40. The smallest absolute Gasteiger partial charge is 0.325 e. The maximum atomic E-state index is 12.7. The molecule has 3 heterocycles. The largest absolute Gasteiger partial charge is 0.494 e. The van der Waals surface area contributed by atoms with E-state index in [4.69, 9.17) is 4.74 Å². The quantitative estimate of drug-likeness (QED) is 0.819. The van der Waals surface area contributed by atoms with Crippen LogP contribution < -0.4 is 15.0 Å². The molecule has 2 aromatic rings. The van der Waals surface area contributed by atoms with Crippen LogP contribution in [0.3, 0.4) is 0 Å². The Morgan fingerprint density at radius 2 is 1.89 bits per heavy atom. The fourth-order valence-electron chi connectivity index (χ4n) is 3.83. The second-order valence-electron chi connectivity index (χ2n) is 6.96. The molecule has 9 heteroatoms. The van der Waals surface area contributed by atoms with E-state index in [2.05, 4.69) is 22.4 Å². The fourth-order valence-corrected chi connectivity index (χ4v) is 3.83. The van der Waals surface area contributed by atoms with Crippen LogP contribution in [0.25, 0.3) is 11.4 Å². The van der Waals surface area contributed by atoms with Gasteiger partial charge in [-0.2, -0.15) is 0 Å². The third kappa shape index (κ3) is 2.78. The van der Waals surface area contributed by atoms with Gasteiger partial charge in [0, 0.05) is 19.2 Å². The molecule has 4 rings (SSSR count). The minimum Gasteiger partial charge on any atom is -0.494 e. The van der Waals surface area contributed by atoms with Crippen molar-refractivity contribution in [3.63, 3.8) is 0 Å². The molecule has 1 saturated heterocycles. The van der Waals surface area contributed by atoms with E-state index in [1.54, 1.807) is 11.9 Å². The van der Waals surface area contributed by atoms with Gasteiger partial charge in [0.05, 0.1) is 6.61 Å². The van der Waals surface area contributed by atoms with Gasteiger partial charge in [-0.25, -0.2) is 4.79 Å². The number of amides is 3. The lowest BCUT2D eigenvalue weighted by molar-refractivity contribution is -0.124. The molecular formula is C19H24N6O3. The summed E-state index contributed by atoms with van der Waals surface area (Å²) in [6, 6.07) is 6.66. The summed E-state index contributed by atoms with van der Waals surface area (Å²) in [6.45, 7) is 5.30. The number of nitrogens with zero attached hydrogens (tertiary/aromatic N) is 5. The number of ether oxygens (including phenoxy) is 1. The van der Waals surface area contributed by atoms with Gasteiger partial charge >= 0.3 is 6.03 Å². The number of aromatic nitrogens is 3. The molecule has 0 radical (unpaired) electrons. The van der Waals surface area contributed by atoms with Gasteiger partial charge in [-0.1, -0.05) is 13.3 Å². The first kappa shape index (κ1) is 18.3. The third-order valence-corrected chi connectivity index (χ3v) is 5.21. The molecule has 1 fully saturated rings. The molecule has 0 aliphatic carbocycles. The molecule has 9 nitrogen and oxygen atoms in total. The highest BCUT2D eigenvalue weighted by atomic mass is 16.5. The van der Waals surface area contributed by atoms with Crippen molar-refractivity contribution in [2.24, 2.45) is 0 Å². The SMILES string of the molecule is CCCCN1c2nnc(-c3ccc(OCC)cc3)n2C2C1C(=O)NC(=O)N2C. The van der Waals surface area contributed by atoms with E-state index in [9.17, 15) is 9.59 Å². The van der Waals surface area contributed by atoms with Crippen molar-refractivity contribution < 1.29 is 14.3 Å². The number of anilines is 1. The maximum absolute atomic E-state index is 12.7. The Morgan fingerprint density at radius 3 is 2.57 bits per heavy atom. The molecule has 1 aromatic carbocycles. The van der Waals surface area contributed by atoms with Crippen LogP contribution in [-0.2, 0) is 4.79 Å². The van der Waals surface area contributed by atoms with Gasteiger partial charge < -0.3 is 14.5 Å². The van der Waals surface area contributed by atoms with E-state index in [0.29, 0.717) is 24.9 Å². The normalized spacial score (nSPS) is 20.8. The Balaban J connectivity index is 1.78. The molecular weight excluding hydrogens is 360 g/mol. The number of imide groups is 1. The summed E-state index contributed by atoms with van der Waals surface area (Å²) in [7, 11) is 1.69. The van der Waals surface area contributed by atoms with Crippen LogP contribution in [0.1, 0.15) is 32.9 Å². The van der Waals surface area contributed by atoms with Crippen LogP contribution in [0.5, 0.6) is 5.75 Å². The molecule has 1 aromatic heterocycles. The lowest BCUT2D eigenvalue weighted by Gasteiger charge is -2.37. The van der Waals surface area contributed by atoms with E-state index < -0.39 is 18.2 Å². The minimum atomic E-state index is -0.513. The van der Waals surface area contributed by atoms with Crippen molar-refractivity contribution in [2.75, 3.05) is 25.1 Å². The van der Waals surface area contributed by atoms with Gasteiger partial charge in [-0.05, 0) is 37.6 Å². The number of carbonyl (C=O) groups is 2. The second-order valence-corrected chi connectivity index (χ2v) is 6.96. The average Bonchev–Trinajstić information content (AvgIpc) is 3.24. The first-order valence-corrected chi connectivity index (χ1v) is 9.59.